The maximum absolute atomic E-state index is 12.2. The maximum Gasteiger partial charge on any atom is 0.126 e. The second-order valence-electron chi connectivity index (χ2n) is 14.4. The van der Waals surface area contributed by atoms with Crippen LogP contribution in [-0.2, 0) is 17.3 Å². The summed E-state index contributed by atoms with van der Waals surface area (Å²) in [6.07, 6.45) is 21.9. The number of aryl methyl sites for hydroxylation is 1. The van der Waals surface area contributed by atoms with Crippen LogP contribution in [0.15, 0.2) is 6.07 Å². The molecule has 0 spiro atoms. The molecule has 0 amide bonds. The van der Waals surface area contributed by atoms with Gasteiger partial charge in [0.2, 0.25) is 0 Å². The zero-order valence-electron chi connectivity index (χ0n) is 21.5. The minimum Gasteiger partial charge on any atom is -0.507 e. The van der Waals surface area contributed by atoms with Gasteiger partial charge >= 0.3 is 0 Å². The molecule has 8 bridgehead atoms. The van der Waals surface area contributed by atoms with Gasteiger partial charge in [-0.2, -0.15) is 0 Å². The summed E-state index contributed by atoms with van der Waals surface area (Å²) in [6, 6.07) is 2.33. The fraction of sp³-hybridized carbons (Fsp3) is 0.812. The smallest absolute Gasteiger partial charge is 0.126 e. The van der Waals surface area contributed by atoms with Crippen LogP contribution < -0.4 is 0 Å². The lowest BCUT2D eigenvalue weighted by Crippen LogP contribution is -2.50. The average molecular weight is 463 g/mol. The number of hydrogen-bond donors (Lipinski definition) is 2. The Morgan fingerprint density at radius 1 is 0.647 bits per heavy atom. The molecule has 8 aliphatic carbocycles. The molecular weight excluding hydrogens is 416 g/mol. The topological polar surface area (TPSA) is 40.5 Å². The van der Waals surface area contributed by atoms with Gasteiger partial charge in [0.15, 0.2) is 0 Å². The SMILES string of the molecule is CCCCCCc1cc(C23CC4CC(CC(C4)C2)C3)c(O)c(C23CC4CC(CC(C4)C2)C3)c1O. The molecule has 8 aliphatic rings. The van der Waals surface area contributed by atoms with Crippen LogP contribution in [0, 0.1) is 35.5 Å². The van der Waals surface area contributed by atoms with Gasteiger partial charge in [0.25, 0.3) is 0 Å². The van der Waals surface area contributed by atoms with Crippen molar-refractivity contribution >= 4 is 0 Å². The van der Waals surface area contributed by atoms with Gasteiger partial charge < -0.3 is 10.2 Å². The molecule has 0 unspecified atom stereocenters. The molecule has 0 aliphatic heterocycles. The largest absolute Gasteiger partial charge is 0.507 e. The van der Waals surface area contributed by atoms with Crippen molar-refractivity contribution in [2.75, 3.05) is 0 Å². The first-order valence-corrected chi connectivity index (χ1v) is 15.1. The van der Waals surface area contributed by atoms with Crippen LogP contribution in [-0.4, -0.2) is 10.2 Å². The molecule has 0 saturated heterocycles. The van der Waals surface area contributed by atoms with Gasteiger partial charge in [0.1, 0.15) is 11.5 Å². The molecule has 1 aromatic carbocycles. The van der Waals surface area contributed by atoms with E-state index in [4.69, 9.17) is 0 Å². The Labute approximate surface area is 206 Å². The van der Waals surface area contributed by atoms with Crippen LogP contribution in [0.2, 0.25) is 0 Å². The van der Waals surface area contributed by atoms with E-state index in [0.29, 0.717) is 11.5 Å². The van der Waals surface area contributed by atoms with Crippen molar-refractivity contribution in [2.45, 2.75) is 127 Å². The molecule has 2 N–H and O–H groups in total. The summed E-state index contributed by atoms with van der Waals surface area (Å²) in [6.45, 7) is 2.27. The number of phenols is 2. The molecule has 2 heteroatoms. The number of unbranched alkanes of at least 4 members (excludes halogenated alkanes) is 3. The molecule has 8 fully saturated rings. The molecule has 0 heterocycles. The summed E-state index contributed by atoms with van der Waals surface area (Å²) in [5, 5.41) is 24.0. The van der Waals surface area contributed by atoms with E-state index in [9.17, 15) is 10.2 Å². The fourth-order valence-corrected chi connectivity index (χ4v) is 11.4. The van der Waals surface area contributed by atoms with Crippen molar-refractivity contribution < 1.29 is 10.2 Å². The maximum atomic E-state index is 12.2. The van der Waals surface area contributed by atoms with Crippen molar-refractivity contribution in [3.8, 4) is 11.5 Å². The lowest BCUT2D eigenvalue weighted by molar-refractivity contribution is -0.0110. The zero-order chi connectivity index (χ0) is 23.1. The number of hydrogen-bond acceptors (Lipinski definition) is 2. The molecule has 8 saturated carbocycles. The van der Waals surface area contributed by atoms with E-state index < -0.39 is 0 Å². The Morgan fingerprint density at radius 3 is 1.59 bits per heavy atom. The molecule has 1 aromatic rings. The number of phenolic OH excluding ortho intramolecular Hbond substituents is 2. The fourth-order valence-electron chi connectivity index (χ4n) is 11.4. The van der Waals surface area contributed by atoms with Crippen molar-refractivity contribution in [3.05, 3.63) is 22.8 Å². The Morgan fingerprint density at radius 2 is 1.12 bits per heavy atom. The van der Waals surface area contributed by atoms with E-state index in [1.807, 2.05) is 0 Å². The first-order chi connectivity index (χ1) is 16.5. The van der Waals surface area contributed by atoms with Gasteiger partial charge in [0.05, 0.1) is 0 Å². The van der Waals surface area contributed by atoms with Crippen molar-refractivity contribution in [3.63, 3.8) is 0 Å². The monoisotopic (exact) mass is 462 g/mol. The second kappa shape index (κ2) is 7.91. The summed E-state index contributed by atoms with van der Waals surface area (Å²) >= 11 is 0. The lowest BCUT2D eigenvalue weighted by Gasteiger charge is -2.59. The number of rotatable bonds is 7. The summed E-state index contributed by atoms with van der Waals surface area (Å²) < 4.78 is 0. The van der Waals surface area contributed by atoms with Crippen molar-refractivity contribution in [1.82, 2.24) is 0 Å². The third-order valence-corrected chi connectivity index (χ3v) is 11.8. The number of aromatic hydroxyl groups is 2. The lowest BCUT2D eigenvalue weighted by atomic mass is 9.46. The predicted molar refractivity (Wildman–Crippen MR) is 137 cm³/mol. The van der Waals surface area contributed by atoms with Gasteiger partial charge in [-0.05, 0) is 142 Å². The minimum atomic E-state index is 0.0411. The van der Waals surface area contributed by atoms with Crippen molar-refractivity contribution in [1.29, 1.82) is 0 Å². The molecule has 0 aromatic heterocycles. The van der Waals surface area contributed by atoms with Crippen LogP contribution in [0.3, 0.4) is 0 Å². The second-order valence-corrected chi connectivity index (χ2v) is 14.4. The van der Waals surface area contributed by atoms with Gasteiger partial charge in [0, 0.05) is 16.5 Å². The van der Waals surface area contributed by atoms with E-state index in [2.05, 4.69) is 13.0 Å². The first kappa shape index (κ1) is 22.1. The highest BCUT2D eigenvalue weighted by Crippen LogP contribution is 2.67. The summed E-state index contributed by atoms with van der Waals surface area (Å²) in [7, 11) is 0. The van der Waals surface area contributed by atoms with Gasteiger partial charge in [-0.15, -0.1) is 0 Å². The standard InChI is InChI=1S/C32H46O2/c1-2-3-4-5-6-26-13-27(31-14-20-7-21(15-31)9-22(8-20)16-31)30(34)28(29(26)33)32-17-23-10-24(18-32)12-25(11-23)19-32/h13,20-25,33-34H,2-12,14-19H2,1H3. The minimum absolute atomic E-state index is 0.0411. The van der Waals surface area contributed by atoms with Gasteiger partial charge in [-0.3, -0.25) is 0 Å². The van der Waals surface area contributed by atoms with Crippen LogP contribution in [0.4, 0.5) is 0 Å². The predicted octanol–water partition coefficient (Wildman–Crippen LogP) is 8.16. The van der Waals surface area contributed by atoms with Crippen LogP contribution in [0.25, 0.3) is 0 Å². The van der Waals surface area contributed by atoms with Crippen molar-refractivity contribution in [2.24, 2.45) is 35.5 Å². The molecular formula is C32H46O2. The molecule has 2 nitrogen and oxygen atoms in total. The van der Waals surface area contributed by atoms with E-state index in [1.165, 1.54) is 107 Å². The van der Waals surface area contributed by atoms with Crippen LogP contribution in [0.1, 0.15) is 126 Å². The third-order valence-electron chi connectivity index (χ3n) is 11.8. The van der Waals surface area contributed by atoms with Crippen LogP contribution in [0.5, 0.6) is 11.5 Å². The van der Waals surface area contributed by atoms with Gasteiger partial charge in [-0.25, -0.2) is 0 Å². The first-order valence-electron chi connectivity index (χ1n) is 15.1. The summed E-state index contributed by atoms with van der Waals surface area (Å²) in [4.78, 5) is 0. The molecule has 0 radical (unpaired) electrons. The number of benzene rings is 1. The highest BCUT2D eigenvalue weighted by atomic mass is 16.3. The zero-order valence-corrected chi connectivity index (χ0v) is 21.5. The average Bonchev–Trinajstić information content (AvgIpc) is 2.76. The summed E-state index contributed by atoms with van der Waals surface area (Å²) in [5.74, 6) is 6.13. The molecule has 34 heavy (non-hydrogen) atoms. The van der Waals surface area contributed by atoms with E-state index >= 15 is 0 Å². The van der Waals surface area contributed by atoms with Gasteiger partial charge in [-0.1, -0.05) is 26.2 Å². The Balaban J connectivity index is 1.34. The van der Waals surface area contributed by atoms with E-state index in [0.717, 1.165) is 53.9 Å². The molecule has 186 valence electrons. The normalized spacial score (nSPS) is 43.7. The third kappa shape index (κ3) is 3.32. The van der Waals surface area contributed by atoms with Crippen LogP contribution >= 0.6 is 0 Å². The highest BCUT2D eigenvalue weighted by Gasteiger charge is 2.56. The Kier molecular flexibility index (Phi) is 5.13. The highest BCUT2D eigenvalue weighted by molar-refractivity contribution is 5.60. The molecule has 0 atom stereocenters. The Bertz CT molecular complexity index is 888. The quantitative estimate of drug-likeness (QED) is 0.401. The Hall–Kier alpha value is -1.18. The van der Waals surface area contributed by atoms with E-state index in [-0.39, 0.29) is 10.8 Å². The summed E-state index contributed by atoms with van der Waals surface area (Å²) in [5.41, 5.74) is 3.71. The van der Waals surface area contributed by atoms with E-state index in [1.54, 1.807) is 0 Å². The molecule has 9 rings (SSSR count).